The zero-order chi connectivity index (χ0) is 24.9. The molecule has 0 aliphatic carbocycles. The summed E-state index contributed by atoms with van der Waals surface area (Å²) >= 11 is 1.04. The molecule has 2 aromatic carbocycles. The first-order chi connectivity index (χ1) is 16.0. The molecule has 2 heterocycles. The number of nitrogens with zero attached hydrogens (tertiary/aromatic N) is 2. The number of alkyl halides is 3. The number of aromatic nitrogens is 2. The predicted molar refractivity (Wildman–Crippen MR) is 123 cm³/mol. The quantitative estimate of drug-likeness (QED) is 0.484. The molecule has 0 spiro atoms. The summed E-state index contributed by atoms with van der Waals surface area (Å²) in [5.41, 5.74) is 5.75. The van der Waals surface area contributed by atoms with Gasteiger partial charge in [0.05, 0.1) is 23.1 Å². The Morgan fingerprint density at radius 3 is 2.65 bits per heavy atom. The Labute approximate surface area is 196 Å². The van der Waals surface area contributed by atoms with E-state index in [1.807, 2.05) is 24.3 Å². The lowest BCUT2D eigenvalue weighted by Crippen LogP contribution is -2.33. The topological polar surface area (TPSA) is 115 Å². The van der Waals surface area contributed by atoms with Crippen molar-refractivity contribution in [2.24, 2.45) is 0 Å². The van der Waals surface area contributed by atoms with Crippen LogP contribution in [0.2, 0.25) is 0 Å². The van der Waals surface area contributed by atoms with Crippen molar-refractivity contribution in [2.75, 3.05) is 22.5 Å². The van der Waals surface area contributed by atoms with Gasteiger partial charge >= 0.3 is 12.1 Å². The Balaban J connectivity index is 0.000000406. The number of benzene rings is 2. The highest BCUT2D eigenvalue weighted by Crippen LogP contribution is 2.30. The van der Waals surface area contributed by atoms with Crippen LogP contribution >= 0.6 is 11.8 Å². The highest BCUT2D eigenvalue weighted by molar-refractivity contribution is 8.14. The minimum absolute atomic E-state index is 0.0809. The van der Waals surface area contributed by atoms with E-state index in [0.717, 1.165) is 41.3 Å². The van der Waals surface area contributed by atoms with Gasteiger partial charge in [0.2, 0.25) is 5.91 Å². The summed E-state index contributed by atoms with van der Waals surface area (Å²) in [7, 11) is 0. The average Bonchev–Trinajstić information content (AvgIpc) is 3.24. The predicted octanol–water partition coefficient (Wildman–Crippen LogP) is 4.75. The van der Waals surface area contributed by atoms with Crippen molar-refractivity contribution in [1.82, 2.24) is 9.97 Å². The fourth-order valence-electron chi connectivity index (χ4n) is 3.33. The number of fused-ring (bicyclic) bond motifs is 2. The van der Waals surface area contributed by atoms with E-state index in [2.05, 4.69) is 28.3 Å². The fraction of sp³-hybridized carbons (Fsp3) is 0.273. The van der Waals surface area contributed by atoms with Crippen molar-refractivity contribution < 1.29 is 32.7 Å². The number of nitrogens with one attached hydrogen (secondary N) is 2. The van der Waals surface area contributed by atoms with Crippen molar-refractivity contribution in [2.45, 2.75) is 25.9 Å². The number of carboxylic acids is 1. The van der Waals surface area contributed by atoms with Crippen LogP contribution in [0.1, 0.15) is 17.5 Å². The maximum Gasteiger partial charge on any atom is 0.490 e. The van der Waals surface area contributed by atoms with Crippen molar-refractivity contribution in [3.05, 3.63) is 53.9 Å². The van der Waals surface area contributed by atoms with E-state index < -0.39 is 12.1 Å². The highest BCUT2D eigenvalue weighted by atomic mass is 32.2. The number of anilines is 2. The van der Waals surface area contributed by atoms with Crippen molar-refractivity contribution in [1.29, 1.82) is 0 Å². The van der Waals surface area contributed by atoms with E-state index >= 15 is 0 Å². The summed E-state index contributed by atoms with van der Waals surface area (Å²) in [5, 5.41) is 9.87. The maximum atomic E-state index is 12.6. The molecule has 8 nitrogen and oxygen atoms in total. The second-order valence-electron chi connectivity index (χ2n) is 7.43. The Morgan fingerprint density at radius 1 is 1.21 bits per heavy atom. The maximum absolute atomic E-state index is 12.6. The first-order valence-corrected chi connectivity index (χ1v) is 11.1. The molecule has 34 heavy (non-hydrogen) atoms. The Morgan fingerprint density at radius 2 is 1.94 bits per heavy atom. The lowest BCUT2D eigenvalue weighted by atomic mass is 10.0. The molecule has 0 unspecified atom stereocenters. The van der Waals surface area contributed by atoms with E-state index in [4.69, 9.17) is 9.90 Å². The zero-order valence-electron chi connectivity index (χ0n) is 18.0. The fourth-order valence-corrected chi connectivity index (χ4v) is 4.00. The number of carbonyl (C=O) groups excluding carboxylic acids is 2. The number of carbonyl (C=O) groups is 3. The molecule has 0 atom stereocenters. The molecule has 3 N–H and O–H groups in total. The Hall–Kier alpha value is -3.54. The molecule has 4 rings (SSSR count). The Kier molecular flexibility index (Phi) is 7.82. The third-order valence-electron chi connectivity index (χ3n) is 4.85. The second-order valence-corrected chi connectivity index (χ2v) is 8.35. The second kappa shape index (κ2) is 10.6. The minimum atomic E-state index is -5.08. The molecule has 0 bridgehead atoms. The summed E-state index contributed by atoms with van der Waals surface area (Å²) in [4.78, 5) is 42.7. The van der Waals surface area contributed by atoms with Crippen LogP contribution in [-0.2, 0) is 16.0 Å². The molecule has 0 saturated heterocycles. The molecule has 0 fully saturated rings. The van der Waals surface area contributed by atoms with Gasteiger partial charge in [0, 0.05) is 17.9 Å². The normalized spacial score (nSPS) is 13.0. The number of thioether (sulfide) groups is 1. The molecule has 12 heteroatoms. The lowest BCUT2D eigenvalue weighted by Gasteiger charge is -2.29. The highest BCUT2D eigenvalue weighted by Gasteiger charge is 2.38. The number of aromatic amines is 1. The summed E-state index contributed by atoms with van der Waals surface area (Å²) in [6, 6.07) is 11.6. The largest absolute Gasteiger partial charge is 0.490 e. The zero-order valence-corrected chi connectivity index (χ0v) is 18.8. The van der Waals surface area contributed by atoms with E-state index in [1.165, 1.54) is 11.1 Å². The van der Waals surface area contributed by atoms with Crippen LogP contribution in [0.25, 0.3) is 11.0 Å². The SMILES string of the molecule is Cc1ccc2c(c1)CCCN2C(=O)SCC(=O)Nc1ccc2nc[nH]c2c1.O=C(O)C(F)(F)F. The average molecular weight is 494 g/mol. The van der Waals surface area contributed by atoms with Gasteiger partial charge in [0.1, 0.15) is 0 Å². The Bertz CT molecular complexity index is 1210. The number of aliphatic carboxylic acids is 1. The van der Waals surface area contributed by atoms with Gasteiger partial charge in [0.15, 0.2) is 0 Å². The summed E-state index contributed by atoms with van der Waals surface area (Å²) in [6.07, 6.45) is -1.54. The standard InChI is InChI=1S/C20H20N4O2S.C2HF3O2/c1-13-4-7-18-14(9-13)3-2-8-24(18)20(26)27-11-19(25)23-15-5-6-16-17(10-15)22-12-21-16;3-2(4,5)1(6)7/h4-7,9-10,12H,2-3,8,11H2,1H3,(H,21,22)(H,23,25);(H,6,7). The minimum Gasteiger partial charge on any atom is -0.475 e. The molecule has 2 amide bonds. The van der Waals surface area contributed by atoms with Crippen LogP contribution < -0.4 is 10.2 Å². The van der Waals surface area contributed by atoms with E-state index in [0.29, 0.717) is 12.2 Å². The first-order valence-electron chi connectivity index (χ1n) is 10.1. The van der Waals surface area contributed by atoms with E-state index in [9.17, 15) is 22.8 Å². The van der Waals surface area contributed by atoms with Gasteiger partial charge in [-0.25, -0.2) is 9.78 Å². The van der Waals surface area contributed by atoms with Crippen molar-refractivity contribution in [3.63, 3.8) is 0 Å². The van der Waals surface area contributed by atoms with Gasteiger partial charge in [-0.05, 0) is 49.6 Å². The molecule has 180 valence electrons. The first kappa shape index (κ1) is 25.1. The molecular weight excluding hydrogens is 473 g/mol. The van der Waals surface area contributed by atoms with Gasteiger partial charge in [-0.15, -0.1) is 0 Å². The third kappa shape index (κ3) is 6.50. The van der Waals surface area contributed by atoms with Crippen LogP contribution in [0.3, 0.4) is 0 Å². The van der Waals surface area contributed by atoms with E-state index in [1.54, 1.807) is 17.3 Å². The van der Waals surface area contributed by atoms with Crippen molar-refractivity contribution in [3.8, 4) is 0 Å². The molecule has 0 radical (unpaired) electrons. The molecule has 0 saturated carbocycles. The number of aryl methyl sites for hydroxylation is 2. The number of hydrogen-bond acceptors (Lipinski definition) is 5. The van der Waals surface area contributed by atoms with Gasteiger partial charge in [-0.1, -0.05) is 29.5 Å². The summed E-state index contributed by atoms with van der Waals surface area (Å²) in [6.45, 7) is 2.75. The van der Waals surface area contributed by atoms with Gasteiger partial charge in [-0.2, -0.15) is 13.2 Å². The van der Waals surface area contributed by atoms with E-state index in [-0.39, 0.29) is 16.9 Å². The molecule has 1 aromatic heterocycles. The molecule has 3 aromatic rings. The lowest BCUT2D eigenvalue weighted by molar-refractivity contribution is -0.192. The smallest absolute Gasteiger partial charge is 0.475 e. The summed E-state index contributed by atoms with van der Waals surface area (Å²) < 4.78 is 31.7. The number of carboxylic acid groups (broad SMARTS) is 1. The van der Waals surface area contributed by atoms with Crippen LogP contribution in [0, 0.1) is 6.92 Å². The van der Waals surface area contributed by atoms with Gasteiger partial charge in [-0.3, -0.25) is 9.59 Å². The van der Waals surface area contributed by atoms with Gasteiger partial charge < -0.3 is 20.3 Å². The van der Waals surface area contributed by atoms with Gasteiger partial charge in [0.25, 0.3) is 5.24 Å². The number of H-pyrrole nitrogens is 1. The van der Waals surface area contributed by atoms with Crippen molar-refractivity contribution >= 4 is 51.3 Å². The number of imidazole rings is 1. The van der Waals surface area contributed by atoms with Crippen LogP contribution in [0.4, 0.5) is 29.3 Å². The number of amides is 2. The number of hydrogen-bond donors (Lipinski definition) is 3. The molecule has 1 aliphatic rings. The number of halogens is 3. The molecule has 1 aliphatic heterocycles. The monoisotopic (exact) mass is 494 g/mol. The van der Waals surface area contributed by atoms with Crippen LogP contribution in [0.15, 0.2) is 42.7 Å². The number of rotatable bonds is 3. The van der Waals surface area contributed by atoms with Crippen LogP contribution in [-0.4, -0.2) is 50.7 Å². The summed E-state index contributed by atoms with van der Waals surface area (Å²) in [5.74, 6) is -2.88. The third-order valence-corrected chi connectivity index (χ3v) is 5.72. The van der Waals surface area contributed by atoms with Crippen LogP contribution in [0.5, 0.6) is 0 Å². The molecular formula is C22H21F3N4O4S.